The van der Waals surface area contributed by atoms with Crippen molar-refractivity contribution in [1.82, 2.24) is 0 Å². The van der Waals surface area contributed by atoms with Crippen molar-refractivity contribution in [2.24, 2.45) is 0 Å². The summed E-state index contributed by atoms with van der Waals surface area (Å²) in [6.07, 6.45) is 7.92. The highest BCUT2D eigenvalue weighted by Crippen LogP contribution is 2.23. The topological polar surface area (TPSA) is 203 Å². The van der Waals surface area contributed by atoms with E-state index in [1.54, 1.807) is 0 Å². The van der Waals surface area contributed by atoms with Crippen molar-refractivity contribution in [3.8, 4) is 0 Å². The summed E-state index contributed by atoms with van der Waals surface area (Å²) in [6.45, 7) is 8.29. The molecule has 2 heterocycles. The molecule has 1 aliphatic rings. The Labute approximate surface area is 189 Å². The van der Waals surface area contributed by atoms with E-state index < -0.39 is 33.1 Å². The molecule has 2 aromatic rings. The maximum Gasteiger partial charge on any atom is 0.190 e. The lowest BCUT2D eigenvalue weighted by Crippen LogP contribution is -2.31. The van der Waals surface area contributed by atoms with E-state index in [0.29, 0.717) is 0 Å². The van der Waals surface area contributed by atoms with Gasteiger partial charge in [0.25, 0.3) is 0 Å². The largest absolute Gasteiger partial charge is 0.869 e. The van der Waals surface area contributed by atoms with Crippen LogP contribution in [0.25, 0.3) is 0 Å². The Hall–Kier alpha value is -2.82. The molecule has 2 aromatic heterocycles. The number of Topliss-reactive ketones (excluding diaryl/α,β-unsaturated/α-hetero) is 2. The Kier molecular flexibility index (Phi) is 15.9. The third-order valence-electron chi connectivity index (χ3n) is 3.36. The highest BCUT2D eigenvalue weighted by Gasteiger charge is 2.22. The van der Waals surface area contributed by atoms with Crippen molar-refractivity contribution in [1.29, 1.82) is 0 Å². The number of allylic oxidation sites excluding steroid dienone is 2. The molecule has 0 saturated carbocycles. The Morgan fingerprint density at radius 2 is 0.839 bits per heavy atom. The second kappa shape index (κ2) is 15.1. The van der Waals surface area contributed by atoms with Gasteiger partial charge < -0.3 is 26.6 Å². The summed E-state index contributed by atoms with van der Waals surface area (Å²) in [5, 5.41) is 19.6. The summed E-state index contributed by atoms with van der Waals surface area (Å²) < 4.78 is 0. The number of aryl methyl sites for hydroxylation is 4. The smallest absolute Gasteiger partial charge is 0.190 e. The SMILES string of the molecule is Cc1c[nH+]cc(C)c1.Cc1c[nH+]cc(C)c1.O.O.O.O=C1C([O-])=C(Cl)C(=O)C([O-])=C1Cl. The van der Waals surface area contributed by atoms with Crippen LogP contribution in [-0.2, 0) is 9.59 Å². The van der Waals surface area contributed by atoms with Crippen molar-refractivity contribution in [3.63, 3.8) is 0 Å². The van der Waals surface area contributed by atoms with Crippen LogP contribution in [0.1, 0.15) is 22.3 Å². The molecule has 0 atom stereocenters. The third kappa shape index (κ3) is 10.2. The molecule has 0 fully saturated rings. The Morgan fingerprint density at radius 3 is 1.00 bits per heavy atom. The molecule has 0 radical (unpaired) electrons. The van der Waals surface area contributed by atoms with E-state index in [1.807, 2.05) is 24.8 Å². The summed E-state index contributed by atoms with van der Waals surface area (Å²) >= 11 is 10.2. The van der Waals surface area contributed by atoms with Gasteiger partial charge >= 0.3 is 0 Å². The number of pyridine rings is 2. The Balaban J connectivity index is -0.000000372. The molecule has 0 saturated heterocycles. The van der Waals surface area contributed by atoms with Gasteiger partial charge in [-0.25, -0.2) is 9.97 Å². The molecule has 0 aromatic carbocycles. The molecule has 0 bridgehead atoms. The zero-order chi connectivity index (χ0) is 21.4. The number of ketones is 2. The lowest BCUT2D eigenvalue weighted by Gasteiger charge is -2.23. The molecule has 8 N–H and O–H groups in total. The zero-order valence-electron chi connectivity index (χ0n) is 17.4. The van der Waals surface area contributed by atoms with E-state index in [2.05, 4.69) is 49.8 Å². The Morgan fingerprint density at radius 1 is 0.613 bits per heavy atom. The van der Waals surface area contributed by atoms with Crippen LogP contribution in [-0.4, -0.2) is 28.0 Å². The summed E-state index contributed by atoms with van der Waals surface area (Å²) in [6, 6.07) is 4.27. The minimum absolute atomic E-state index is 0. The van der Waals surface area contributed by atoms with Gasteiger partial charge in [0.15, 0.2) is 36.4 Å². The van der Waals surface area contributed by atoms with Crippen LogP contribution in [0.2, 0.25) is 0 Å². The van der Waals surface area contributed by atoms with E-state index in [9.17, 15) is 19.8 Å². The van der Waals surface area contributed by atoms with Gasteiger partial charge in [-0.1, -0.05) is 23.2 Å². The van der Waals surface area contributed by atoms with Gasteiger partial charge in [-0.2, -0.15) is 0 Å². The van der Waals surface area contributed by atoms with Gasteiger partial charge in [-0.3, -0.25) is 9.59 Å². The lowest BCUT2D eigenvalue weighted by molar-refractivity contribution is -0.379. The van der Waals surface area contributed by atoms with E-state index in [1.165, 1.54) is 22.3 Å². The minimum Gasteiger partial charge on any atom is -0.869 e. The predicted molar refractivity (Wildman–Crippen MR) is 112 cm³/mol. The van der Waals surface area contributed by atoms with Gasteiger partial charge in [-0.15, -0.1) is 0 Å². The molecule has 0 unspecified atom stereocenters. The van der Waals surface area contributed by atoms with Gasteiger partial charge in [0.05, 0.1) is 10.1 Å². The zero-order valence-corrected chi connectivity index (χ0v) is 18.9. The van der Waals surface area contributed by atoms with Crippen molar-refractivity contribution in [2.75, 3.05) is 0 Å². The quantitative estimate of drug-likeness (QED) is 0.416. The van der Waals surface area contributed by atoms with Crippen molar-refractivity contribution < 1.29 is 46.2 Å². The average Bonchev–Trinajstić information content (AvgIpc) is 2.64. The molecule has 1 aliphatic carbocycles. The van der Waals surface area contributed by atoms with Crippen LogP contribution in [0.15, 0.2) is 58.5 Å². The summed E-state index contributed by atoms with van der Waals surface area (Å²) in [4.78, 5) is 27.4. The number of halogens is 2. The predicted octanol–water partition coefficient (Wildman–Crippen LogP) is -1.48. The average molecular weight is 477 g/mol. The number of H-pyrrole nitrogens is 2. The highest BCUT2D eigenvalue weighted by molar-refractivity contribution is 6.55. The number of carbonyl (C=O) groups excluding carboxylic acids is 2. The van der Waals surface area contributed by atoms with Crippen LogP contribution in [0.5, 0.6) is 0 Å². The van der Waals surface area contributed by atoms with Crippen LogP contribution < -0.4 is 20.2 Å². The fourth-order valence-corrected chi connectivity index (χ4v) is 2.44. The second-order valence-electron chi connectivity index (χ2n) is 6.12. The molecule has 9 nitrogen and oxygen atoms in total. The molecule has 172 valence electrons. The third-order valence-corrected chi connectivity index (χ3v) is 4.05. The molecule has 0 spiro atoms. The second-order valence-corrected chi connectivity index (χ2v) is 6.88. The Bertz CT molecular complexity index is 820. The molecule has 3 rings (SSSR count). The molecular weight excluding hydrogens is 451 g/mol. The molecule has 0 amide bonds. The maximum absolute atomic E-state index is 10.7. The molecule has 0 aliphatic heterocycles. The fourth-order valence-electron chi connectivity index (χ4n) is 2.10. The van der Waals surface area contributed by atoms with E-state index in [0.717, 1.165) is 0 Å². The van der Waals surface area contributed by atoms with Crippen molar-refractivity contribution in [3.05, 3.63) is 80.8 Å². The molecule has 31 heavy (non-hydrogen) atoms. The molecule has 11 heteroatoms. The highest BCUT2D eigenvalue weighted by atomic mass is 35.5. The summed E-state index contributed by atoms with van der Waals surface area (Å²) in [7, 11) is 0. The first-order valence-electron chi connectivity index (χ1n) is 8.16. The number of hydrogen-bond donors (Lipinski definition) is 0. The number of rotatable bonds is 0. The van der Waals surface area contributed by atoms with Crippen molar-refractivity contribution in [2.45, 2.75) is 27.7 Å². The van der Waals surface area contributed by atoms with Gasteiger partial charge in [0, 0.05) is 22.3 Å². The van der Waals surface area contributed by atoms with E-state index >= 15 is 0 Å². The van der Waals surface area contributed by atoms with Crippen LogP contribution in [0, 0.1) is 27.7 Å². The minimum atomic E-state index is -1.23. The van der Waals surface area contributed by atoms with Crippen molar-refractivity contribution >= 4 is 34.8 Å². The fraction of sp³-hybridized carbons (Fsp3) is 0.200. The summed E-state index contributed by atoms with van der Waals surface area (Å²) in [5.74, 6) is -4.92. The maximum atomic E-state index is 10.7. The normalized spacial score (nSPS) is 12.2. The lowest BCUT2D eigenvalue weighted by atomic mass is 10.1. The standard InChI is InChI=1S/2C7H9N.C6H2Cl2O4.3H2O/c2*1-6-3-7(2)5-8-4-6;7-1-3(9)5(11)2(8)6(12)4(1)10;;;/h2*3-5H,1-2H3;9,12H;3*1H2. The van der Waals surface area contributed by atoms with Gasteiger partial charge in [0.1, 0.15) is 0 Å². The van der Waals surface area contributed by atoms with Crippen LogP contribution >= 0.6 is 23.2 Å². The number of hydrogen-bond acceptors (Lipinski definition) is 4. The molecular formula is C20H26Cl2N2O7. The van der Waals surface area contributed by atoms with E-state index in [-0.39, 0.29) is 16.4 Å². The van der Waals surface area contributed by atoms with Crippen LogP contribution in [0.4, 0.5) is 0 Å². The first-order chi connectivity index (χ1) is 13.0. The first-order valence-corrected chi connectivity index (χ1v) is 8.91. The van der Waals surface area contributed by atoms with E-state index in [4.69, 9.17) is 23.2 Å². The van der Waals surface area contributed by atoms with Gasteiger partial charge in [-0.05, 0) is 51.3 Å². The van der Waals surface area contributed by atoms with Crippen LogP contribution in [0.3, 0.4) is 0 Å². The summed E-state index contributed by atoms with van der Waals surface area (Å²) in [5.41, 5.74) is 5.13. The number of aromatic amines is 2. The number of aromatic nitrogens is 2. The monoisotopic (exact) mass is 476 g/mol. The van der Waals surface area contributed by atoms with Gasteiger partial charge in [0.2, 0.25) is 0 Å². The number of nitrogens with one attached hydrogen (secondary N) is 2. The number of carbonyl (C=O) groups is 2. The first kappa shape index (κ1) is 32.8.